The van der Waals surface area contributed by atoms with Crippen LogP contribution in [0.25, 0.3) is 0 Å². The summed E-state index contributed by atoms with van der Waals surface area (Å²) >= 11 is 0. The van der Waals surface area contributed by atoms with Crippen LogP contribution in [0.4, 0.5) is 5.69 Å². The molecule has 0 aliphatic heterocycles. The quantitative estimate of drug-likeness (QED) is 0.827. The van der Waals surface area contributed by atoms with E-state index in [4.69, 9.17) is 10.5 Å². The molecule has 3 nitrogen and oxygen atoms in total. The SMILES string of the molecule is CC(C)COc1ccccc1NC1CCCC1CN. The van der Waals surface area contributed by atoms with Crippen LogP contribution in [-0.4, -0.2) is 19.2 Å². The molecule has 1 aromatic carbocycles. The van der Waals surface area contributed by atoms with Crippen LogP contribution in [-0.2, 0) is 0 Å². The number of nitrogens with one attached hydrogen (secondary N) is 1. The van der Waals surface area contributed by atoms with Gasteiger partial charge >= 0.3 is 0 Å². The molecule has 0 saturated heterocycles. The van der Waals surface area contributed by atoms with E-state index < -0.39 is 0 Å². The second-order valence-electron chi connectivity index (χ2n) is 5.88. The second kappa shape index (κ2) is 6.80. The van der Waals surface area contributed by atoms with Crippen molar-refractivity contribution in [2.24, 2.45) is 17.6 Å². The van der Waals surface area contributed by atoms with Crippen LogP contribution in [0.3, 0.4) is 0 Å². The van der Waals surface area contributed by atoms with Crippen molar-refractivity contribution in [2.75, 3.05) is 18.5 Å². The molecular weight excluding hydrogens is 236 g/mol. The first-order chi connectivity index (χ1) is 9.20. The molecule has 0 radical (unpaired) electrons. The van der Waals surface area contributed by atoms with Gasteiger partial charge in [0.25, 0.3) is 0 Å². The molecule has 19 heavy (non-hydrogen) atoms. The second-order valence-corrected chi connectivity index (χ2v) is 5.88. The van der Waals surface area contributed by atoms with Gasteiger partial charge in [-0.05, 0) is 43.4 Å². The minimum absolute atomic E-state index is 0.494. The van der Waals surface area contributed by atoms with Gasteiger partial charge in [0.1, 0.15) is 5.75 Å². The predicted octanol–water partition coefficient (Wildman–Crippen LogP) is 3.26. The Morgan fingerprint density at radius 1 is 1.32 bits per heavy atom. The standard InChI is InChI=1S/C16H26N2O/c1-12(2)11-19-16-9-4-3-7-15(16)18-14-8-5-6-13(14)10-17/h3-4,7,9,12-14,18H,5-6,8,10-11,17H2,1-2H3. The van der Waals surface area contributed by atoms with Gasteiger partial charge in [0.05, 0.1) is 12.3 Å². The summed E-state index contributed by atoms with van der Waals surface area (Å²) in [6.45, 7) is 5.85. The number of hydrogen-bond acceptors (Lipinski definition) is 3. The molecule has 0 amide bonds. The highest BCUT2D eigenvalue weighted by atomic mass is 16.5. The van der Waals surface area contributed by atoms with Crippen molar-refractivity contribution in [3.8, 4) is 5.75 Å². The van der Waals surface area contributed by atoms with Gasteiger partial charge in [-0.3, -0.25) is 0 Å². The highest BCUT2D eigenvalue weighted by molar-refractivity contribution is 5.57. The number of anilines is 1. The Hall–Kier alpha value is -1.22. The zero-order valence-electron chi connectivity index (χ0n) is 12.1. The van der Waals surface area contributed by atoms with E-state index in [0.717, 1.165) is 24.6 Å². The molecule has 3 N–H and O–H groups in total. The first-order valence-electron chi connectivity index (χ1n) is 7.39. The van der Waals surface area contributed by atoms with Gasteiger partial charge in [-0.2, -0.15) is 0 Å². The molecule has 1 aliphatic carbocycles. The Morgan fingerprint density at radius 2 is 2.11 bits per heavy atom. The zero-order valence-corrected chi connectivity index (χ0v) is 12.1. The Bertz CT molecular complexity index is 392. The molecule has 0 heterocycles. The third-order valence-electron chi connectivity index (χ3n) is 3.76. The molecule has 2 rings (SSSR count). The first-order valence-corrected chi connectivity index (χ1v) is 7.39. The average Bonchev–Trinajstić information content (AvgIpc) is 2.85. The van der Waals surface area contributed by atoms with Crippen LogP contribution in [0.1, 0.15) is 33.1 Å². The normalized spacial score (nSPS) is 22.7. The Morgan fingerprint density at radius 3 is 2.84 bits per heavy atom. The smallest absolute Gasteiger partial charge is 0.142 e. The van der Waals surface area contributed by atoms with Crippen molar-refractivity contribution < 1.29 is 4.74 Å². The fourth-order valence-corrected chi connectivity index (χ4v) is 2.68. The fourth-order valence-electron chi connectivity index (χ4n) is 2.68. The molecule has 0 bridgehead atoms. The van der Waals surface area contributed by atoms with Gasteiger partial charge in [0, 0.05) is 6.04 Å². The first kappa shape index (κ1) is 14.2. The minimum Gasteiger partial charge on any atom is -0.491 e. The number of hydrogen-bond donors (Lipinski definition) is 2. The zero-order chi connectivity index (χ0) is 13.7. The van der Waals surface area contributed by atoms with Gasteiger partial charge < -0.3 is 15.8 Å². The maximum absolute atomic E-state index is 5.88. The topological polar surface area (TPSA) is 47.3 Å². The monoisotopic (exact) mass is 262 g/mol. The van der Waals surface area contributed by atoms with Crippen LogP contribution in [0.15, 0.2) is 24.3 Å². The maximum Gasteiger partial charge on any atom is 0.142 e. The number of benzene rings is 1. The van der Waals surface area contributed by atoms with Crippen LogP contribution in [0.5, 0.6) is 5.75 Å². The Labute approximate surface area is 116 Å². The summed E-state index contributed by atoms with van der Waals surface area (Å²) in [5.41, 5.74) is 6.95. The van der Waals surface area contributed by atoms with Crippen molar-refractivity contribution in [3.63, 3.8) is 0 Å². The lowest BCUT2D eigenvalue weighted by Crippen LogP contribution is -2.29. The highest BCUT2D eigenvalue weighted by Crippen LogP contribution is 2.31. The van der Waals surface area contributed by atoms with Crippen molar-refractivity contribution in [3.05, 3.63) is 24.3 Å². The summed E-state index contributed by atoms with van der Waals surface area (Å²) in [5.74, 6) is 2.09. The van der Waals surface area contributed by atoms with Gasteiger partial charge in [-0.25, -0.2) is 0 Å². The summed E-state index contributed by atoms with van der Waals surface area (Å²) in [6.07, 6.45) is 3.72. The van der Waals surface area contributed by atoms with E-state index in [2.05, 4.69) is 31.3 Å². The third-order valence-corrected chi connectivity index (χ3v) is 3.76. The maximum atomic E-state index is 5.88. The molecule has 106 valence electrons. The Balaban J connectivity index is 2.02. The summed E-state index contributed by atoms with van der Waals surface area (Å²) < 4.78 is 5.88. The van der Waals surface area contributed by atoms with E-state index in [-0.39, 0.29) is 0 Å². The largest absolute Gasteiger partial charge is 0.491 e. The van der Waals surface area contributed by atoms with E-state index in [1.54, 1.807) is 0 Å². The molecule has 1 aromatic rings. The van der Waals surface area contributed by atoms with Crippen molar-refractivity contribution in [2.45, 2.75) is 39.2 Å². The van der Waals surface area contributed by atoms with E-state index in [9.17, 15) is 0 Å². The van der Waals surface area contributed by atoms with Gasteiger partial charge in [-0.1, -0.05) is 32.4 Å². The van der Waals surface area contributed by atoms with E-state index in [1.165, 1.54) is 19.3 Å². The molecule has 1 fully saturated rings. The summed E-state index contributed by atoms with van der Waals surface area (Å²) in [6, 6.07) is 8.71. The van der Waals surface area contributed by atoms with Crippen LogP contribution >= 0.6 is 0 Å². The van der Waals surface area contributed by atoms with E-state index >= 15 is 0 Å². The van der Waals surface area contributed by atoms with E-state index in [0.29, 0.717) is 17.9 Å². The van der Waals surface area contributed by atoms with Crippen molar-refractivity contribution >= 4 is 5.69 Å². The summed E-state index contributed by atoms with van der Waals surface area (Å²) in [4.78, 5) is 0. The Kier molecular flexibility index (Phi) is 5.08. The average molecular weight is 262 g/mol. The molecule has 1 aliphatic rings. The lowest BCUT2D eigenvalue weighted by atomic mass is 10.0. The van der Waals surface area contributed by atoms with Crippen LogP contribution < -0.4 is 15.8 Å². The number of ether oxygens (including phenoxy) is 1. The van der Waals surface area contributed by atoms with E-state index in [1.807, 2.05) is 12.1 Å². The van der Waals surface area contributed by atoms with Crippen molar-refractivity contribution in [1.29, 1.82) is 0 Å². The van der Waals surface area contributed by atoms with Gasteiger partial charge in [-0.15, -0.1) is 0 Å². The number of rotatable bonds is 6. The molecule has 2 unspecified atom stereocenters. The van der Waals surface area contributed by atoms with Crippen LogP contribution in [0, 0.1) is 11.8 Å². The van der Waals surface area contributed by atoms with Gasteiger partial charge in [0.2, 0.25) is 0 Å². The molecular formula is C16H26N2O. The number of para-hydroxylation sites is 2. The third kappa shape index (κ3) is 3.87. The molecule has 0 aromatic heterocycles. The molecule has 0 spiro atoms. The number of nitrogens with two attached hydrogens (primary N) is 1. The minimum atomic E-state index is 0.494. The molecule has 2 atom stereocenters. The van der Waals surface area contributed by atoms with Crippen LogP contribution in [0.2, 0.25) is 0 Å². The summed E-state index contributed by atoms with van der Waals surface area (Å²) in [7, 11) is 0. The summed E-state index contributed by atoms with van der Waals surface area (Å²) in [5, 5.41) is 3.63. The fraction of sp³-hybridized carbons (Fsp3) is 0.625. The molecule has 3 heteroatoms. The lowest BCUT2D eigenvalue weighted by Gasteiger charge is -2.22. The van der Waals surface area contributed by atoms with Crippen molar-refractivity contribution in [1.82, 2.24) is 0 Å². The van der Waals surface area contributed by atoms with Gasteiger partial charge in [0.15, 0.2) is 0 Å². The highest BCUT2D eigenvalue weighted by Gasteiger charge is 2.26. The lowest BCUT2D eigenvalue weighted by molar-refractivity contribution is 0.272. The predicted molar refractivity (Wildman–Crippen MR) is 80.6 cm³/mol. The molecule has 1 saturated carbocycles.